The van der Waals surface area contributed by atoms with E-state index in [9.17, 15) is 14.4 Å². The van der Waals surface area contributed by atoms with Gasteiger partial charge in [-0.15, -0.1) is 0 Å². The molecule has 0 unspecified atom stereocenters. The molecular weight excluding hydrogens is 292 g/mol. The summed E-state index contributed by atoms with van der Waals surface area (Å²) >= 11 is 0. The monoisotopic (exact) mass is 308 g/mol. The smallest absolute Gasteiger partial charge is 0.338 e. The summed E-state index contributed by atoms with van der Waals surface area (Å²) in [7, 11) is 0. The molecule has 0 N–H and O–H groups in total. The summed E-state index contributed by atoms with van der Waals surface area (Å²) in [6, 6.07) is 11.8. The van der Waals surface area contributed by atoms with Crippen molar-refractivity contribution in [1.29, 1.82) is 0 Å². The Bertz CT molecular complexity index is 759. The Hall–Kier alpha value is -2.75. The summed E-state index contributed by atoms with van der Waals surface area (Å²) in [5.41, 5.74) is 3.89. The maximum absolute atomic E-state index is 12.2. The van der Waals surface area contributed by atoms with Gasteiger partial charge in [-0.2, -0.15) is 0 Å². The van der Waals surface area contributed by atoms with Crippen LogP contribution >= 0.6 is 0 Å². The largest absolute Gasteiger partial charge is 0.454 e. The molecule has 0 bridgehead atoms. The highest BCUT2D eigenvalue weighted by molar-refractivity contribution is 5.99. The van der Waals surface area contributed by atoms with E-state index in [4.69, 9.17) is 4.74 Å². The predicted octanol–water partition coefficient (Wildman–Crippen LogP) is 3.03. The molecule has 0 atom stereocenters. The molecule has 116 valence electrons. The first kappa shape index (κ1) is 15.2. The van der Waals surface area contributed by atoms with Gasteiger partial charge in [0.25, 0.3) is 0 Å². The van der Waals surface area contributed by atoms with E-state index in [-0.39, 0.29) is 12.4 Å². The molecule has 0 heterocycles. The summed E-state index contributed by atoms with van der Waals surface area (Å²) in [4.78, 5) is 34.6. The standard InChI is InChI=1S/C19H16O4/c20-11-13-4-6-15(7-5-13)19(22)23-12-18(21)17-9-8-14-2-1-3-16(14)10-17/h4-11H,1-3,12H2. The van der Waals surface area contributed by atoms with Crippen LogP contribution in [0.4, 0.5) is 0 Å². The first-order valence-corrected chi connectivity index (χ1v) is 7.55. The van der Waals surface area contributed by atoms with Gasteiger partial charge in [0.05, 0.1) is 5.56 Å². The highest BCUT2D eigenvalue weighted by atomic mass is 16.5. The SMILES string of the molecule is O=Cc1ccc(C(=O)OCC(=O)c2ccc3c(c2)CCC3)cc1. The maximum atomic E-state index is 12.2. The molecule has 0 saturated carbocycles. The second-order valence-corrected chi connectivity index (χ2v) is 5.58. The van der Waals surface area contributed by atoms with E-state index in [1.165, 1.54) is 35.4 Å². The van der Waals surface area contributed by atoms with Crippen molar-refractivity contribution in [3.05, 3.63) is 70.3 Å². The fraction of sp³-hybridized carbons (Fsp3) is 0.211. The fourth-order valence-corrected chi connectivity index (χ4v) is 2.74. The molecule has 4 heteroatoms. The van der Waals surface area contributed by atoms with E-state index >= 15 is 0 Å². The molecule has 1 aliphatic rings. The number of hydrogen-bond acceptors (Lipinski definition) is 4. The lowest BCUT2D eigenvalue weighted by molar-refractivity contribution is 0.0474. The van der Waals surface area contributed by atoms with Crippen LogP contribution in [0.25, 0.3) is 0 Å². The molecule has 23 heavy (non-hydrogen) atoms. The number of aryl methyl sites for hydroxylation is 2. The van der Waals surface area contributed by atoms with Crippen molar-refractivity contribution in [3.8, 4) is 0 Å². The molecule has 0 aliphatic heterocycles. The highest BCUT2D eigenvalue weighted by Crippen LogP contribution is 2.23. The Morgan fingerprint density at radius 3 is 2.39 bits per heavy atom. The third kappa shape index (κ3) is 3.37. The topological polar surface area (TPSA) is 60.4 Å². The predicted molar refractivity (Wildman–Crippen MR) is 84.9 cm³/mol. The van der Waals surface area contributed by atoms with Crippen LogP contribution in [0, 0.1) is 0 Å². The average Bonchev–Trinajstić information content (AvgIpc) is 3.07. The molecule has 0 radical (unpaired) electrons. The lowest BCUT2D eigenvalue weighted by atomic mass is 10.0. The van der Waals surface area contributed by atoms with Gasteiger partial charge in [-0.3, -0.25) is 9.59 Å². The Kier molecular flexibility index (Phi) is 4.33. The van der Waals surface area contributed by atoms with Gasteiger partial charge in [0.2, 0.25) is 0 Å². The minimum absolute atomic E-state index is 0.211. The summed E-state index contributed by atoms with van der Waals surface area (Å²) < 4.78 is 5.06. The van der Waals surface area contributed by atoms with Crippen molar-refractivity contribution >= 4 is 18.0 Å². The second kappa shape index (κ2) is 6.57. The van der Waals surface area contributed by atoms with E-state index in [1.807, 2.05) is 12.1 Å². The fourth-order valence-electron chi connectivity index (χ4n) is 2.74. The number of fused-ring (bicyclic) bond motifs is 1. The first-order valence-electron chi connectivity index (χ1n) is 7.55. The van der Waals surface area contributed by atoms with E-state index in [1.54, 1.807) is 6.07 Å². The van der Waals surface area contributed by atoms with Crippen LogP contribution in [0.3, 0.4) is 0 Å². The zero-order valence-corrected chi connectivity index (χ0v) is 12.6. The summed E-state index contributed by atoms with van der Waals surface area (Å²) in [5, 5.41) is 0. The Labute approximate surface area is 134 Å². The molecule has 2 aromatic rings. The number of ketones is 1. The molecule has 4 nitrogen and oxygen atoms in total. The number of benzene rings is 2. The van der Waals surface area contributed by atoms with Gasteiger partial charge in [0.15, 0.2) is 12.4 Å². The normalized spacial score (nSPS) is 12.5. The summed E-state index contributed by atoms with van der Waals surface area (Å²) in [6.45, 7) is -0.285. The van der Waals surface area contributed by atoms with Crippen molar-refractivity contribution in [3.63, 3.8) is 0 Å². The van der Waals surface area contributed by atoms with Gasteiger partial charge in [-0.05, 0) is 48.6 Å². The van der Waals surface area contributed by atoms with Crippen LogP contribution in [0.15, 0.2) is 42.5 Å². The Morgan fingerprint density at radius 1 is 0.957 bits per heavy atom. The van der Waals surface area contributed by atoms with Crippen molar-refractivity contribution in [2.24, 2.45) is 0 Å². The third-order valence-electron chi connectivity index (χ3n) is 4.04. The number of ether oxygens (including phenoxy) is 1. The van der Waals surface area contributed by atoms with Crippen LogP contribution in [0.1, 0.15) is 48.6 Å². The molecule has 3 rings (SSSR count). The molecule has 1 aliphatic carbocycles. The average molecular weight is 308 g/mol. The molecule has 2 aromatic carbocycles. The number of carbonyl (C=O) groups excluding carboxylic acids is 3. The first-order chi connectivity index (χ1) is 11.2. The van der Waals surface area contributed by atoms with Gasteiger partial charge < -0.3 is 4.74 Å². The Balaban J connectivity index is 1.61. The van der Waals surface area contributed by atoms with Crippen molar-refractivity contribution in [1.82, 2.24) is 0 Å². The van der Waals surface area contributed by atoms with Crippen molar-refractivity contribution in [2.45, 2.75) is 19.3 Å². The van der Waals surface area contributed by atoms with Gasteiger partial charge >= 0.3 is 5.97 Å². The number of aldehydes is 1. The maximum Gasteiger partial charge on any atom is 0.338 e. The Morgan fingerprint density at radius 2 is 1.65 bits per heavy atom. The molecule has 0 aromatic heterocycles. The highest BCUT2D eigenvalue weighted by Gasteiger charge is 2.15. The lowest BCUT2D eigenvalue weighted by Gasteiger charge is -2.06. The minimum Gasteiger partial charge on any atom is -0.454 e. The number of Topliss-reactive ketones (excluding diaryl/α,β-unsaturated/α-hetero) is 1. The summed E-state index contributed by atoms with van der Waals surface area (Å²) in [5.74, 6) is -0.783. The quantitative estimate of drug-likeness (QED) is 0.484. The third-order valence-corrected chi connectivity index (χ3v) is 4.04. The number of carbonyl (C=O) groups is 3. The zero-order valence-electron chi connectivity index (χ0n) is 12.6. The van der Waals surface area contributed by atoms with Crippen LogP contribution in [-0.4, -0.2) is 24.6 Å². The lowest BCUT2D eigenvalue weighted by Crippen LogP contribution is -2.14. The number of rotatable bonds is 5. The van der Waals surface area contributed by atoms with Crippen LogP contribution < -0.4 is 0 Å². The van der Waals surface area contributed by atoms with Gasteiger partial charge in [0, 0.05) is 11.1 Å². The van der Waals surface area contributed by atoms with E-state index in [0.29, 0.717) is 23.0 Å². The minimum atomic E-state index is -0.572. The molecule has 0 spiro atoms. The molecular formula is C19H16O4. The second-order valence-electron chi connectivity index (χ2n) is 5.58. The van der Waals surface area contributed by atoms with Crippen molar-refractivity contribution in [2.75, 3.05) is 6.61 Å². The zero-order chi connectivity index (χ0) is 16.2. The molecule has 0 saturated heterocycles. The van der Waals surface area contributed by atoms with Gasteiger partial charge in [-0.25, -0.2) is 4.79 Å². The molecule has 0 amide bonds. The van der Waals surface area contributed by atoms with Crippen molar-refractivity contribution < 1.29 is 19.1 Å². The van der Waals surface area contributed by atoms with Crippen LogP contribution in [0.5, 0.6) is 0 Å². The van der Waals surface area contributed by atoms with E-state index in [0.717, 1.165) is 19.3 Å². The van der Waals surface area contributed by atoms with Crippen LogP contribution in [0.2, 0.25) is 0 Å². The van der Waals surface area contributed by atoms with E-state index in [2.05, 4.69) is 0 Å². The summed E-state index contributed by atoms with van der Waals surface area (Å²) in [6.07, 6.45) is 3.89. The van der Waals surface area contributed by atoms with E-state index < -0.39 is 5.97 Å². The van der Waals surface area contributed by atoms with Gasteiger partial charge in [0.1, 0.15) is 6.29 Å². The number of hydrogen-bond donors (Lipinski definition) is 0. The molecule has 0 fully saturated rings. The van der Waals surface area contributed by atoms with Gasteiger partial charge in [-0.1, -0.05) is 24.3 Å². The number of esters is 1. The van der Waals surface area contributed by atoms with Crippen LogP contribution in [-0.2, 0) is 17.6 Å².